The fourth-order valence-electron chi connectivity index (χ4n) is 2.51. The number of carbonyl (C=O) groups is 2. The highest BCUT2D eigenvalue weighted by Crippen LogP contribution is 2.15. The largest absolute Gasteiger partial charge is 0.326 e. The van der Waals surface area contributed by atoms with E-state index in [2.05, 4.69) is 10.6 Å². The molecule has 0 bridgehead atoms. The summed E-state index contributed by atoms with van der Waals surface area (Å²) in [4.78, 5) is 23.8. The van der Waals surface area contributed by atoms with Crippen molar-refractivity contribution >= 4 is 23.2 Å². The Kier molecular flexibility index (Phi) is 7.02. The summed E-state index contributed by atoms with van der Waals surface area (Å²) in [5, 5.41) is 5.76. The van der Waals surface area contributed by atoms with Gasteiger partial charge < -0.3 is 10.6 Å². The third-order valence-electron chi connectivity index (χ3n) is 3.75. The quantitative estimate of drug-likeness (QED) is 0.753. The minimum Gasteiger partial charge on any atom is -0.326 e. The van der Waals surface area contributed by atoms with E-state index >= 15 is 0 Å². The Labute approximate surface area is 143 Å². The Hall–Kier alpha value is -2.62. The fraction of sp³-hybridized carbons (Fsp3) is 0.300. The minimum absolute atomic E-state index is 0.0159. The predicted molar refractivity (Wildman–Crippen MR) is 97.8 cm³/mol. The van der Waals surface area contributed by atoms with Gasteiger partial charge in [-0.1, -0.05) is 43.3 Å². The van der Waals surface area contributed by atoms with Gasteiger partial charge in [-0.2, -0.15) is 0 Å². The van der Waals surface area contributed by atoms with E-state index < -0.39 is 0 Å². The zero-order chi connectivity index (χ0) is 17.2. The van der Waals surface area contributed by atoms with Crippen LogP contribution in [-0.4, -0.2) is 11.8 Å². The molecule has 0 spiro atoms. The monoisotopic (exact) mass is 324 g/mol. The normalized spacial score (nSPS) is 11.5. The van der Waals surface area contributed by atoms with E-state index in [-0.39, 0.29) is 17.7 Å². The summed E-state index contributed by atoms with van der Waals surface area (Å²) >= 11 is 0. The number of carbonyl (C=O) groups excluding carboxylic acids is 2. The van der Waals surface area contributed by atoms with Gasteiger partial charge in [0.2, 0.25) is 11.8 Å². The predicted octanol–water partition coefficient (Wildman–Crippen LogP) is 4.46. The van der Waals surface area contributed by atoms with Crippen LogP contribution in [0.1, 0.15) is 32.6 Å². The van der Waals surface area contributed by atoms with Crippen molar-refractivity contribution < 1.29 is 9.59 Å². The van der Waals surface area contributed by atoms with E-state index in [1.54, 1.807) is 0 Å². The van der Waals surface area contributed by atoms with Gasteiger partial charge in [-0.05, 0) is 43.0 Å². The molecule has 2 aromatic carbocycles. The van der Waals surface area contributed by atoms with Crippen molar-refractivity contribution in [1.29, 1.82) is 0 Å². The maximum Gasteiger partial charge on any atom is 0.224 e. The minimum atomic E-state index is 0.0159. The molecule has 0 aliphatic carbocycles. The molecule has 0 aromatic heterocycles. The highest BCUT2D eigenvalue weighted by atomic mass is 16.2. The Bertz CT molecular complexity index is 641. The van der Waals surface area contributed by atoms with Crippen LogP contribution in [0.5, 0.6) is 0 Å². The molecule has 4 nitrogen and oxygen atoms in total. The van der Waals surface area contributed by atoms with Crippen LogP contribution in [0.2, 0.25) is 0 Å². The lowest BCUT2D eigenvalue weighted by atomic mass is 10.00. The van der Waals surface area contributed by atoms with Gasteiger partial charge in [-0.25, -0.2) is 0 Å². The topological polar surface area (TPSA) is 58.2 Å². The Morgan fingerprint density at radius 2 is 1.33 bits per heavy atom. The molecule has 2 aromatic rings. The van der Waals surface area contributed by atoms with Gasteiger partial charge in [0.05, 0.1) is 0 Å². The number of amides is 2. The summed E-state index contributed by atoms with van der Waals surface area (Å²) in [7, 11) is 0. The molecular weight excluding hydrogens is 300 g/mol. The van der Waals surface area contributed by atoms with Crippen LogP contribution in [0.4, 0.5) is 11.4 Å². The Balaban J connectivity index is 1.63. The van der Waals surface area contributed by atoms with E-state index in [1.807, 2.05) is 67.6 Å². The van der Waals surface area contributed by atoms with Gasteiger partial charge in [0.1, 0.15) is 0 Å². The number of hydrogen-bond acceptors (Lipinski definition) is 2. The molecular formula is C20H24N2O2. The standard InChI is InChI=1S/C20H24N2O2/c1-16(15-20(24)22-18-12-6-3-7-13-18)9-8-14-19(23)21-17-10-4-2-5-11-17/h2-7,10-13,16H,8-9,14-15H2,1H3,(H,21,23)(H,22,24)/t16-/m0/s1. The van der Waals surface area contributed by atoms with Crippen LogP contribution in [-0.2, 0) is 9.59 Å². The lowest BCUT2D eigenvalue weighted by Gasteiger charge is -2.11. The summed E-state index contributed by atoms with van der Waals surface area (Å²) in [6.45, 7) is 2.04. The number of anilines is 2. The average molecular weight is 324 g/mol. The first-order valence-corrected chi connectivity index (χ1v) is 8.33. The molecule has 4 heteroatoms. The third-order valence-corrected chi connectivity index (χ3v) is 3.75. The van der Waals surface area contributed by atoms with Crippen molar-refractivity contribution in [3.8, 4) is 0 Å². The number of hydrogen-bond donors (Lipinski definition) is 2. The van der Waals surface area contributed by atoms with Gasteiger partial charge in [-0.3, -0.25) is 9.59 Å². The van der Waals surface area contributed by atoms with Crippen LogP contribution >= 0.6 is 0 Å². The lowest BCUT2D eigenvalue weighted by molar-refractivity contribution is -0.117. The first-order valence-electron chi connectivity index (χ1n) is 8.33. The lowest BCUT2D eigenvalue weighted by Crippen LogP contribution is -2.16. The van der Waals surface area contributed by atoms with E-state index in [9.17, 15) is 9.59 Å². The molecule has 126 valence electrons. The maximum absolute atomic E-state index is 12.0. The van der Waals surface area contributed by atoms with Crippen LogP contribution in [0.15, 0.2) is 60.7 Å². The molecule has 0 aliphatic rings. The summed E-state index contributed by atoms with van der Waals surface area (Å²) in [5.41, 5.74) is 1.63. The molecule has 0 unspecified atom stereocenters. The van der Waals surface area contributed by atoms with E-state index in [0.29, 0.717) is 12.8 Å². The van der Waals surface area contributed by atoms with Crippen LogP contribution < -0.4 is 10.6 Å². The van der Waals surface area contributed by atoms with Crippen molar-refractivity contribution in [2.24, 2.45) is 5.92 Å². The van der Waals surface area contributed by atoms with Crippen molar-refractivity contribution in [3.63, 3.8) is 0 Å². The highest BCUT2D eigenvalue weighted by molar-refractivity contribution is 5.91. The van der Waals surface area contributed by atoms with Gasteiger partial charge in [0, 0.05) is 24.2 Å². The molecule has 0 heterocycles. The van der Waals surface area contributed by atoms with Crippen molar-refractivity contribution in [3.05, 3.63) is 60.7 Å². The maximum atomic E-state index is 12.0. The molecule has 2 N–H and O–H groups in total. The van der Waals surface area contributed by atoms with Crippen molar-refractivity contribution in [1.82, 2.24) is 0 Å². The molecule has 0 fully saturated rings. The van der Waals surface area contributed by atoms with Crippen molar-refractivity contribution in [2.75, 3.05) is 10.6 Å². The van der Waals surface area contributed by atoms with Crippen LogP contribution in [0.25, 0.3) is 0 Å². The zero-order valence-electron chi connectivity index (χ0n) is 14.0. The second-order valence-electron chi connectivity index (χ2n) is 6.03. The SMILES string of the molecule is C[C@@H](CCCC(=O)Nc1ccccc1)CC(=O)Nc1ccccc1. The van der Waals surface area contributed by atoms with Gasteiger partial charge in [0.25, 0.3) is 0 Å². The summed E-state index contributed by atoms with van der Waals surface area (Å²) < 4.78 is 0. The molecule has 0 saturated carbocycles. The van der Waals surface area contributed by atoms with Crippen LogP contribution in [0.3, 0.4) is 0 Å². The molecule has 0 radical (unpaired) electrons. The van der Waals surface area contributed by atoms with E-state index in [4.69, 9.17) is 0 Å². The number of nitrogens with one attached hydrogen (secondary N) is 2. The second-order valence-corrected chi connectivity index (χ2v) is 6.03. The Morgan fingerprint density at radius 3 is 1.88 bits per heavy atom. The number of benzene rings is 2. The summed E-state index contributed by atoms with van der Waals surface area (Å²) in [6.07, 6.45) is 2.57. The molecule has 2 rings (SSSR count). The fourth-order valence-corrected chi connectivity index (χ4v) is 2.51. The summed E-state index contributed by atoms with van der Waals surface area (Å²) in [6, 6.07) is 18.9. The number of para-hydroxylation sites is 2. The average Bonchev–Trinajstić information content (AvgIpc) is 2.56. The molecule has 24 heavy (non-hydrogen) atoms. The Morgan fingerprint density at radius 1 is 0.833 bits per heavy atom. The molecule has 2 amide bonds. The number of rotatable bonds is 8. The molecule has 0 saturated heterocycles. The van der Waals surface area contributed by atoms with Gasteiger partial charge >= 0.3 is 0 Å². The first-order chi connectivity index (χ1) is 11.6. The van der Waals surface area contributed by atoms with E-state index in [0.717, 1.165) is 24.2 Å². The first kappa shape index (κ1) is 17.7. The smallest absolute Gasteiger partial charge is 0.224 e. The van der Waals surface area contributed by atoms with Crippen LogP contribution in [0, 0.1) is 5.92 Å². The van der Waals surface area contributed by atoms with Gasteiger partial charge in [0.15, 0.2) is 0 Å². The third kappa shape index (κ3) is 6.65. The van der Waals surface area contributed by atoms with Crippen molar-refractivity contribution in [2.45, 2.75) is 32.6 Å². The highest BCUT2D eigenvalue weighted by Gasteiger charge is 2.10. The zero-order valence-corrected chi connectivity index (χ0v) is 14.0. The summed E-state index contributed by atoms with van der Waals surface area (Å²) in [5.74, 6) is 0.280. The van der Waals surface area contributed by atoms with Gasteiger partial charge in [-0.15, -0.1) is 0 Å². The molecule has 0 aliphatic heterocycles. The van der Waals surface area contributed by atoms with E-state index in [1.165, 1.54) is 0 Å². The second kappa shape index (κ2) is 9.50. The molecule has 1 atom stereocenters.